The molecule has 1 N–H and O–H groups in total. The van der Waals surface area contributed by atoms with Crippen molar-refractivity contribution in [3.05, 3.63) is 82.8 Å². The number of furan rings is 1. The SMILES string of the molecule is CCc1nnc2sc(-c3ccc(NC(=O)/C=C/c4ccc(-c5ccc(C)c(Cl)c5)o4)cc3)nn12. The van der Waals surface area contributed by atoms with Crippen molar-refractivity contribution in [2.24, 2.45) is 0 Å². The summed E-state index contributed by atoms with van der Waals surface area (Å²) in [5.74, 6) is 1.84. The van der Waals surface area contributed by atoms with Gasteiger partial charge in [-0.3, -0.25) is 4.79 Å². The number of amides is 1. The molecule has 1 amide bonds. The molecule has 2 aromatic carbocycles. The highest BCUT2D eigenvalue weighted by Crippen LogP contribution is 2.28. The minimum Gasteiger partial charge on any atom is -0.457 e. The molecule has 0 saturated heterocycles. The fourth-order valence-corrected chi connectivity index (χ4v) is 4.42. The molecule has 0 aliphatic rings. The summed E-state index contributed by atoms with van der Waals surface area (Å²) in [6.07, 6.45) is 3.84. The molecular formula is C25H20ClN5O2S. The van der Waals surface area contributed by atoms with Crippen LogP contribution in [0.15, 0.2) is 65.1 Å². The molecule has 0 spiro atoms. The molecule has 3 heterocycles. The lowest BCUT2D eigenvalue weighted by molar-refractivity contribution is -0.111. The molecule has 0 saturated carbocycles. The first-order chi connectivity index (χ1) is 16.5. The van der Waals surface area contributed by atoms with E-state index in [1.54, 1.807) is 10.6 Å². The van der Waals surface area contributed by atoms with Crippen molar-refractivity contribution in [1.29, 1.82) is 0 Å². The Bertz CT molecular complexity index is 1510. The second kappa shape index (κ2) is 9.24. The maximum Gasteiger partial charge on any atom is 0.248 e. The van der Waals surface area contributed by atoms with Crippen molar-refractivity contribution in [2.45, 2.75) is 20.3 Å². The minimum atomic E-state index is -0.254. The van der Waals surface area contributed by atoms with E-state index in [-0.39, 0.29) is 5.91 Å². The van der Waals surface area contributed by atoms with Gasteiger partial charge in [0.05, 0.1) is 0 Å². The fraction of sp³-hybridized carbons (Fsp3) is 0.120. The van der Waals surface area contributed by atoms with E-state index in [1.807, 2.05) is 68.4 Å². The van der Waals surface area contributed by atoms with Gasteiger partial charge in [-0.25, -0.2) is 0 Å². The third kappa shape index (κ3) is 4.50. The first kappa shape index (κ1) is 22.1. The summed E-state index contributed by atoms with van der Waals surface area (Å²) in [5, 5.41) is 17.2. The molecule has 3 aromatic heterocycles. The number of aromatic nitrogens is 4. The molecule has 0 aliphatic heterocycles. The highest BCUT2D eigenvalue weighted by atomic mass is 35.5. The highest BCUT2D eigenvalue weighted by Gasteiger charge is 2.12. The maximum absolute atomic E-state index is 12.4. The van der Waals surface area contributed by atoms with E-state index in [1.165, 1.54) is 17.4 Å². The Hall–Kier alpha value is -3.75. The summed E-state index contributed by atoms with van der Waals surface area (Å²) in [7, 11) is 0. The topological polar surface area (TPSA) is 85.3 Å². The third-order valence-corrected chi connectivity index (χ3v) is 6.61. The molecule has 9 heteroatoms. The van der Waals surface area contributed by atoms with E-state index in [2.05, 4.69) is 20.6 Å². The summed E-state index contributed by atoms with van der Waals surface area (Å²) in [4.78, 5) is 13.1. The molecule has 0 fully saturated rings. The molecular weight excluding hydrogens is 470 g/mol. The molecule has 170 valence electrons. The van der Waals surface area contributed by atoms with Crippen LogP contribution in [0.1, 0.15) is 24.1 Å². The standard InChI is InChI=1S/C25H20ClN5O2S/c1-3-22-28-29-25-31(22)30-24(34-25)16-6-8-18(9-7-16)27-23(32)13-11-19-10-12-21(33-19)17-5-4-15(2)20(26)14-17/h4-14H,3H2,1-2H3,(H,27,32)/b13-11+. The Kier molecular flexibility index (Phi) is 6.00. The first-order valence-electron chi connectivity index (χ1n) is 10.7. The van der Waals surface area contributed by atoms with E-state index in [4.69, 9.17) is 16.0 Å². The Morgan fingerprint density at radius 2 is 1.91 bits per heavy atom. The van der Waals surface area contributed by atoms with Crippen molar-refractivity contribution in [3.8, 4) is 21.9 Å². The van der Waals surface area contributed by atoms with Crippen molar-refractivity contribution >= 4 is 45.6 Å². The van der Waals surface area contributed by atoms with Gasteiger partial charge in [0, 0.05) is 34.3 Å². The Balaban J connectivity index is 1.23. The largest absolute Gasteiger partial charge is 0.457 e. The molecule has 34 heavy (non-hydrogen) atoms. The van der Waals surface area contributed by atoms with Gasteiger partial charge in [0.2, 0.25) is 10.9 Å². The average Bonchev–Trinajstić information content (AvgIpc) is 3.56. The first-order valence-corrected chi connectivity index (χ1v) is 11.9. The number of anilines is 1. The van der Waals surface area contributed by atoms with Crippen molar-refractivity contribution in [3.63, 3.8) is 0 Å². The number of fused-ring (bicyclic) bond motifs is 1. The van der Waals surface area contributed by atoms with Gasteiger partial charge in [-0.2, -0.15) is 9.61 Å². The van der Waals surface area contributed by atoms with Crippen molar-refractivity contribution in [1.82, 2.24) is 19.8 Å². The quantitative estimate of drug-likeness (QED) is 0.283. The number of nitrogens with zero attached hydrogens (tertiary/aromatic N) is 4. The van der Waals surface area contributed by atoms with Gasteiger partial charge < -0.3 is 9.73 Å². The monoisotopic (exact) mass is 489 g/mol. The number of hydrogen-bond donors (Lipinski definition) is 1. The molecule has 7 nitrogen and oxygen atoms in total. The van der Waals surface area contributed by atoms with Crippen LogP contribution in [0.2, 0.25) is 5.02 Å². The number of benzene rings is 2. The van der Waals surface area contributed by atoms with Gasteiger partial charge in [0.25, 0.3) is 0 Å². The summed E-state index contributed by atoms with van der Waals surface area (Å²) in [6, 6.07) is 17.0. The minimum absolute atomic E-state index is 0.254. The summed E-state index contributed by atoms with van der Waals surface area (Å²) in [6.45, 7) is 3.97. The van der Waals surface area contributed by atoms with Crippen molar-refractivity contribution < 1.29 is 9.21 Å². The van der Waals surface area contributed by atoms with E-state index < -0.39 is 0 Å². The fourth-order valence-electron chi connectivity index (χ4n) is 3.38. The predicted octanol–water partition coefficient (Wildman–Crippen LogP) is 6.29. The summed E-state index contributed by atoms with van der Waals surface area (Å²) in [5.41, 5.74) is 3.53. The average molecular weight is 490 g/mol. The van der Waals surface area contributed by atoms with E-state index in [0.29, 0.717) is 22.2 Å². The van der Waals surface area contributed by atoms with Gasteiger partial charge in [-0.05, 0) is 61.0 Å². The number of halogens is 1. The van der Waals surface area contributed by atoms with Crippen LogP contribution in [0.25, 0.3) is 32.9 Å². The smallest absolute Gasteiger partial charge is 0.248 e. The lowest BCUT2D eigenvalue weighted by Crippen LogP contribution is -2.07. The maximum atomic E-state index is 12.4. The molecule has 0 aliphatic carbocycles. The Morgan fingerprint density at radius 1 is 1.12 bits per heavy atom. The molecule has 0 atom stereocenters. The molecule has 0 unspecified atom stereocenters. The van der Waals surface area contributed by atoms with E-state index in [9.17, 15) is 4.79 Å². The number of rotatable bonds is 6. The van der Waals surface area contributed by atoms with Gasteiger partial charge in [-0.15, -0.1) is 10.2 Å². The number of hydrogen-bond acceptors (Lipinski definition) is 6. The Morgan fingerprint density at radius 3 is 2.68 bits per heavy atom. The number of nitrogens with one attached hydrogen (secondary N) is 1. The van der Waals surface area contributed by atoms with Crippen LogP contribution in [0.3, 0.4) is 0 Å². The Labute approximate surface area is 204 Å². The predicted molar refractivity (Wildman–Crippen MR) is 135 cm³/mol. The van der Waals surface area contributed by atoms with Crippen LogP contribution in [0.4, 0.5) is 5.69 Å². The lowest BCUT2D eigenvalue weighted by atomic mass is 10.1. The second-order valence-corrected chi connectivity index (χ2v) is 9.00. The highest BCUT2D eigenvalue weighted by molar-refractivity contribution is 7.19. The van der Waals surface area contributed by atoms with Crippen LogP contribution >= 0.6 is 22.9 Å². The summed E-state index contributed by atoms with van der Waals surface area (Å²) >= 11 is 7.68. The zero-order valence-corrected chi connectivity index (χ0v) is 20.0. The number of carbonyl (C=O) groups is 1. The van der Waals surface area contributed by atoms with E-state index in [0.717, 1.165) is 38.9 Å². The van der Waals surface area contributed by atoms with E-state index >= 15 is 0 Å². The second-order valence-electron chi connectivity index (χ2n) is 7.64. The van der Waals surface area contributed by atoms with Crippen LogP contribution in [0, 0.1) is 6.92 Å². The van der Waals surface area contributed by atoms with Crippen LogP contribution in [-0.2, 0) is 11.2 Å². The molecule has 0 radical (unpaired) electrons. The zero-order valence-electron chi connectivity index (χ0n) is 18.4. The van der Waals surface area contributed by atoms with Gasteiger partial charge in [-0.1, -0.05) is 42.0 Å². The summed E-state index contributed by atoms with van der Waals surface area (Å²) < 4.78 is 7.59. The van der Waals surface area contributed by atoms with Crippen LogP contribution in [0.5, 0.6) is 0 Å². The number of aryl methyl sites for hydroxylation is 2. The molecule has 5 rings (SSSR count). The van der Waals surface area contributed by atoms with Crippen LogP contribution < -0.4 is 5.32 Å². The van der Waals surface area contributed by atoms with Gasteiger partial charge in [0.1, 0.15) is 16.5 Å². The lowest BCUT2D eigenvalue weighted by Gasteiger charge is -2.03. The zero-order chi connectivity index (χ0) is 23.7. The number of carbonyl (C=O) groups excluding carboxylic acids is 1. The van der Waals surface area contributed by atoms with Gasteiger partial charge >= 0.3 is 0 Å². The normalized spacial score (nSPS) is 11.5. The molecule has 5 aromatic rings. The van der Waals surface area contributed by atoms with Gasteiger partial charge in [0.15, 0.2) is 5.82 Å². The van der Waals surface area contributed by atoms with Crippen LogP contribution in [-0.4, -0.2) is 25.7 Å². The molecule has 0 bridgehead atoms. The van der Waals surface area contributed by atoms with Crippen molar-refractivity contribution in [2.75, 3.05) is 5.32 Å². The third-order valence-electron chi connectivity index (χ3n) is 5.25.